The molecular weight excluding hydrogens is 320 g/mol. The Morgan fingerprint density at radius 1 is 1.09 bits per heavy atom. The first-order valence-corrected chi connectivity index (χ1v) is 8.58. The number of benzene rings is 1. The molecule has 0 aliphatic carbocycles. The zero-order valence-electron chi connectivity index (χ0n) is 12.3. The third-order valence-corrected chi connectivity index (χ3v) is 4.48. The smallest absolute Gasteiger partial charge is 0.258 e. The fourth-order valence-electron chi connectivity index (χ4n) is 1.89. The van der Waals surface area contributed by atoms with E-state index < -0.39 is 14.9 Å². The first-order valence-electron chi connectivity index (χ1n) is 6.93. The maximum Gasteiger partial charge on any atom is 0.269 e. The molecule has 0 aliphatic rings. The van der Waals surface area contributed by atoms with Gasteiger partial charge < -0.3 is 0 Å². The van der Waals surface area contributed by atoms with Crippen LogP contribution in [0.25, 0.3) is 0 Å². The van der Waals surface area contributed by atoms with Crippen LogP contribution in [0.15, 0.2) is 42.7 Å². The molecule has 0 bridgehead atoms. The van der Waals surface area contributed by atoms with Crippen molar-refractivity contribution in [2.75, 3.05) is 12.3 Å². The van der Waals surface area contributed by atoms with Gasteiger partial charge in [-0.2, -0.15) is 0 Å². The fourth-order valence-corrected chi connectivity index (χ4v) is 2.95. The Balaban J connectivity index is 1.80. The molecule has 0 amide bonds. The number of nitrogens with zero attached hydrogens (tertiary/aromatic N) is 3. The van der Waals surface area contributed by atoms with Gasteiger partial charge in [-0.3, -0.25) is 10.1 Å². The van der Waals surface area contributed by atoms with Crippen LogP contribution in [0.4, 0.5) is 5.69 Å². The van der Waals surface area contributed by atoms with E-state index in [1.54, 1.807) is 30.6 Å². The van der Waals surface area contributed by atoms with Crippen molar-refractivity contribution in [1.82, 2.24) is 14.7 Å². The van der Waals surface area contributed by atoms with Gasteiger partial charge >= 0.3 is 0 Å². The molecule has 0 spiro atoms. The van der Waals surface area contributed by atoms with Crippen LogP contribution in [0, 0.1) is 10.1 Å². The number of nitrogens with one attached hydrogen (secondary N) is 1. The van der Waals surface area contributed by atoms with Crippen molar-refractivity contribution in [2.45, 2.75) is 12.8 Å². The third kappa shape index (κ3) is 5.72. The molecule has 9 heteroatoms. The first kappa shape index (κ1) is 17.0. The lowest BCUT2D eigenvalue weighted by molar-refractivity contribution is -0.384. The van der Waals surface area contributed by atoms with E-state index in [0.29, 0.717) is 12.2 Å². The molecule has 1 N–H and O–H groups in total. The molecule has 1 aromatic heterocycles. The number of hydrogen-bond donors (Lipinski definition) is 1. The van der Waals surface area contributed by atoms with Gasteiger partial charge in [-0.05, 0) is 18.1 Å². The second kappa shape index (κ2) is 7.75. The largest absolute Gasteiger partial charge is 0.269 e. The lowest BCUT2D eigenvalue weighted by Gasteiger charge is -2.06. The number of sulfonamides is 1. The van der Waals surface area contributed by atoms with E-state index >= 15 is 0 Å². The maximum atomic E-state index is 11.9. The predicted molar refractivity (Wildman–Crippen MR) is 84.3 cm³/mol. The van der Waals surface area contributed by atoms with E-state index in [1.165, 1.54) is 12.1 Å². The van der Waals surface area contributed by atoms with E-state index in [1.807, 2.05) is 0 Å². The topological polar surface area (TPSA) is 115 Å². The van der Waals surface area contributed by atoms with Crippen LogP contribution in [-0.2, 0) is 22.9 Å². The van der Waals surface area contributed by atoms with Crippen molar-refractivity contribution >= 4 is 15.7 Å². The molecule has 0 atom stereocenters. The van der Waals surface area contributed by atoms with E-state index in [-0.39, 0.29) is 24.4 Å². The molecule has 8 nitrogen and oxygen atoms in total. The molecule has 0 radical (unpaired) electrons. The number of aryl methyl sites for hydroxylation is 1. The van der Waals surface area contributed by atoms with Crippen LogP contribution in [0.2, 0.25) is 0 Å². The van der Waals surface area contributed by atoms with Gasteiger partial charge in [-0.25, -0.2) is 23.1 Å². The van der Waals surface area contributed by atoms with Crippen LogP contribution in [0.1, 0.15) is 11.4 Å². The van der Waals surface area contributed by atoms with Crippen LogP contribution >= 0.6 is 0 Å². The molecule has 0 saturated carbocycles. The van der Waals surface area contributed by atoms with Gasteiger partial charge in [0.1, 0.15) is 5.82 Å². The van der Waals surface area contributed by atoms with Crippen molar-refractivity contribution in [2.24, 2.45) is 0 Å². The standard InChI is InChI=1S/C14H16N4O4S/c19-18(20)13-4-2-12(3-5-13)7-11-23(21,22)17-10-6-14-15-8-1-9-16-14/h1-5,8-9,17H,6-7,10-11H2. The monoisotopic (exact) mass is 336 g/mol. The molecule has 1 aromatic carbocycles. The van der Waals surface area contributed by atoms with E-state index in [9.17, 15) is 18.5 Å². The third-order valence-electron chi connectivity index (χ3n) is 3.10. The summed E-state index contributed by atoms with van der Waals surface area (Å²) in [7, 11) is -3.42. The molecule has 2 aromatic rings. The van der Waals surface area contributed by atoms with E-state index in [4.69, 9.17) is 0 Å². The molecule has 23 heavy (non-hydrogen) atoms. The molecule has 1 heterocycles. The summed E-state index contributed by atoms with van der Waals surface area (Å²) in [4.78, 5) is 18.1. The summed E-state index contributed by atoms with van der Waals surface area (Å²) in [5.74, 6) is 0.492. The van der Waals surface area contributed by atoms with Crippen molar-refractivity contribution in [3.05, 3.63) is 64.2 Å². The van der Waals surface area contributed by atoms with E-state index in [0.717, 1.165) is 5.56 Å². The molecule has 0 unspecified atom stereocenters. The summed E-state index contributed by atoms with van der Waals surface area (Å²) in [5, 5.41) is 10.6. The Morgan fingerprint density at radius 3 is 2.35 bits per heavy atom. The summed E-state index contributed by atoms with van der Waals surface area (Å²) in [6.45, 7) is 0.229. The molecule has 0 fully saturated rings. The average Bonchev–Trinajstić information content (AvgIpc) is 2.54. The molecule has 0 saturated heterocycles. The highest BCUT2D eigenvalue weighted by Crippen LogP contribution is 2.12. The van der Waals surface area contributed by atoms with Gasteiger partial charge in [0.2, 0.25) is 10.0 Å². The lowest BCUT2D eigenvalue weighted by Crippen LogP contribution is -2.29. The lowest BCUT2D eigenvalue weighted by atomic mass is 10.1. The highest BCUT2D eigenvalue weighted by atomic mass is 32.2. The second-order valence-corrected chi connectivity index (χ2v) is 6.73. The van der Waals surface area contributed by atoms with Gasteiger partial charge in [-0.1, -0.05) is 12.1 Å². The highest BCUT2D eigenvalue weighted by Gasteiger charge is 2.11. The van der Waals surface area contributed by atoms with Crippen LogP contribution < -0.4 is 4.72 Å². The van der Waals surface area contributed by atoms with E-state index in [2.05, 4.69) is 14.7 Å². The predicted octanol–water partition coefficient (Wildman–Crippen LogP) is 1.09. The van der Waals surface area contributed by atoms with Crippen LogP contribution in [0.3, 0.4) is 0 Å². The number of aromatic nitrogens is 2. The molecular formula is C14H16N4O4S. The molecule has 2 rings (SSSR count). The SMILES string of the molecule is O=[N+]([O-])c1ccc(CCS(=O)(=O)NCCc2ncccn2)cc1. The first-order chi connectivity index (χ1) is 11.0. The Kier molecular flexibility index (Phi) is 5.72. The van der Waals surface area contributed by atoms with Gasteiger partial charge in [0.15, 0.2) is 0 Å². The minimum absolute atomic E-state index is 0.0161. The zero-order chi connectivity index (χ0) is 16.7. The quantitative estimate of drug-likeness (QED) is 0.570. The summed E-state index contributed by atoms with van der Waals surface area (Å²) >= 11 is 0. The van der Waals surface area contributed by atoms with Crippen molar-refractivity contribution in [3.8, 4) is 0 Å². The average molecular weight is 336 g/mol. The van der Waals surface area contributed by atoms with Crippen molar-refractivity contribution < 1.29 is 13.3 Å². The zero-order valence-corrected chi connectivity index (χ0v) is 13.1. The van der Waals surface area contributed by atoms with Gasteiger partial charge in [-0.15, -0.1) is 0 Å². The molecule has 122 valence electrons. The minimum Gasteiger partial charge on any atom is -0.258 e. The summed E-state index contributed by atoms with van der Waals surface area (Å²) < 4.78 is 26.3. The Bertz CT molecular complexity index is 748. The number of nitro groups is 1. The Hall–Kier alpha value is -2.39. The summed E-state index contributed by atoms with van der Waals surface area (Å²) in [6, 6.07) is 7.54. The number of hydrogen-bond acceptors (Lipinski definition) is 6. The fraction of sp³-hybridized carbons (Fsp3) is 0.286. The summed E-state index contributed by atoms with van der Waals surface area (Å²) in [5.41, 5.74) is 0.713. The van der Waals surface area contributed by atoms with Gasteiger partial charge in [0.05, 0.1) is 10.7 Å². The van der Waals surface area contributed by atoms with Crippen LogP contribution in [0.5, 0.6) is 0 Å². The van der Waals surface area contributed by atoms with Crippen LogP contribution in [-0.4, -0.2) is 35.6 Å². The highest BCUT2D eigenvalue weighted by molar-refractivity contribution is 7.89. The Labute approximate surface area is 133 Å². The maximum absolute atomic E-state index is 11.9. The number of nitro benzene ring substituents is 1. The molecule has 0 aliphatic heterocycles. The minimum atomic E-state index is -3.42. The van der Waals surface area contributed by atoms with Gasteiger partial charge in [0.25, 0.3) is 5.69 Å². The second-order valence-electron chi connectivity index (χ2n) is 4.80. The summed E-state index contributed by atoms with van der Waals surface area (Å²) in [6.07, 6.45) is 3.91. The number of rotatable bonds is 8. The van der Waals surface area contributed by atoms with Crippen molar-refractivity contribution in [3.63, 3.8) is 0 Å². The number of non-ortho nitro benzene ring substituents is 1. The van der Waals surface area contributed by atoms with Crippen molar-refractivity contribution in [1.29, 1.82) is 0 Å². The Morgan fingerprint density at radius 2 is 1.74 bits per heavy atom. The normalized spacial score (nSPS) is 11.3. The van der Waals surface area contributed by atoms with Gasteiger partial charge in [0, 0.05) is 37.5 Å².